The third kappa shape index (κ3) is 11.5. The summed E-state index contributed by atoms with van der Waals surface area (Å²) < 4.78 is 67.5. The standard InChI is InChI=1S/C14H19FO2.C13H17F3O2.C11H18O2/c1-3-5-13(12(4-2)14(16)17)10-6-8-11(15)9-7-10;1-4-9-7-10(13(14,15)16)8-11(17-5-2)12(9)18-6-3;1-8-5-6-11(9(2)12,13-7-8)10-3-4-10/h6-9,12-13H,3-5H2,1-2H3,(H,16,17);7-8H,4-6H2,1-3H3;8,10H,3-7H2,1-2H3/t12-,13?;;/m1../s1. The topological polar surface area (TPSA) is 82.1 Å². The molecule has 0 bridgehead atoms. The zero-order chi connectivity index (χ0) is 36.1. The minimum absolute atomic E-state index is 0.0249. The molecule has 1 saturated heterocycles. The molecule has 1 aliphatic carbocycles. The lowest BCUT2D eigenvalue weighted by Gasteiger charge is -2.37. The Hall–Kier alpha value is -3.14. The quantitative estimate of drug-likeness (QED) is 0.212. The van der Waals surface area contributed by atoms with Gasteiger partial charge in [-0.3, -0.25) is 9.59 Å². The predicted octanol–water partition coefficient (Wildman–Crippen LogP) is 10.1. The Bertz CT molecular complexity index is 1280. The van der Waals surface area contributed by atoms with Crippen molar-refractivity contribution in [3.63, 3.8) is 0 Å². The van der Waals surface area contributed by atoms with E-state index in [0.29, 0.717) is 49.2 Å². The van der Waals surface area contributed by atoms with E-state index in [1.165, 1.54) is 25.0 Å². The number of hydrogen-bond acceptors (Lipinski definition) is 5. The van der Waals surface area contributed by atoms with Crippen molar-refractivity contribution in [3.8, 4) is 11.5 Å². The summed E-state index contributed by atoms with van der Waals surface area (Å²) in [7, 11) is 0. The van der Waals surface area contributed by atoms with E-state index in [1.807, 2.05) is 13.8 Å². The van der Waals surface area contributed by atoms with Gasteiger partial charge in [0.15, 0.2) is 17.3 Å². The van der Waals surface area contributed by atoms with Crippen molar-refractivity contribution in [2.75, 3.05) is 19.8 Å². The van der Waals surface area contributed by atoms with Crippen LogP contribution in [-0.2, 0) is 26.9 Å². The molecule has 4 atom stereocenters. The second-order valence-electron chi connectivity index (χ2n) is 12.7. The highest BCUT2D eigenvalue weighted by atomic mass is 19.4. The molecule has 6 nitrogen and oxygen atoms in total. The fourth-order valence-corrected chi connectivity index (χ4v) is 6.25. The van der Waals surface area contributed by atoms with Crippen molar-refractivity contribution in [2.24, 2.45) is 17.8 Å². The number of carboxylic acids is 1. The maximum absolute atomic E-state index is 12.9. The highest BCUT2D eigenvalue weighted by Crippen LogP contribution is 2.47. The van der Waals surface area contributed by atoms with Crippen LogP contribution in [0.2, 0.25) is 0 Å². The first kappa shape index (κ1) is 41.0. The van der Waals surface area contributed by atoms with Gasteiger partial charge in [-0.1, -0.05) is 46.2 Å². The Balaban J connectivity index is 0.000000253. The maximum atomic E-state index is 12.9. The largest absolute Gasteiger partial charge is 0.490 e. The van der Waals surface area contributed by atoms with E-state index in [9.17, 15) is 32.3 Å². The lowest BCUT2D eigenvalue weighted by atomic mass is 9.81. The summed E-state index contributed by atoms with van der Waals surface area (Å²) in [6, 6.07) is 8.29. The van der Waals surface area contributed by atoms with Crippen molar-refractivity contribution in [3.05, 3.63) is 58.9 Å². The summed E-state index contributed by atoms with van der Waals surface area (Å²) in [5, 5.41) is 9.21. The molecular formula is C38H54F4O6. The van der Waals surface area contributed by atoms with Crippen molar-refractivity contribution in [2.45, 2.75) is 118 Å². The Morgan fingerprint density at radius 2 is 1.62 bits per heavy atom. The molecule has 1 N–H and O–H groups in total. The van der Waals surface area contributed by atoms with Crippen LogP contribution in [0.1, 0.15) is 116 Å². The fraction of sp³-hybridized carbons (Fsp3) is 0.632. The monoisotopic (exact) mass is 682 g/mol. The summed E-state index contributed by atoms with van der Waals surface area (Å²) >= 11 is 0. The molecule has 1 aliphatic heterocycles. The third-order valence-corrected chi connectivity index (χ3v) is 9.04. The van der Waals surface area contributed by atoms with Crippen LogP contribution in [0.4, 0.5) is 17.6 Å². The first-order valence-corrected chi connectivity index (χ1v) is 17.3. The molecular weight excluding hydrogens is 628 g/mol. The molecule has 10 heteroatoms. The van der Waals surface area contributed by atoms with Gasteiger partial charge in [0.25, 0.3) is 0 Å². The molecule has 1 saturated carbocycles. The van der Waals surface area contributed by atoms with Gasteiger partial charge in [0, 0.05) is 0 Å². The Kier molecular flexibility index (Phi) is 16.4. The molecule has 0 aromatic heterocycles. The maximum Gasteiger partial charge on any atom is 0.416 e. The third-order valence-electron chi connectivity index (χ3n) is 9.04. The van der Waals surface area contributed by atoms with Crippen LogP contribution in [0.5, 0.6) is 11.5 Å². The highest BCUT2D eigenvalue weighted by Gasteiger charge is 2.51. The SMILES string of the molecule is CC(=O)C1(C2CC2)CCC(C)CO1.CCCC(c1ccc(F)cc1)[C@@H](CC)C(=O)O.CCOc1cc(C(F)(F)F)cc(CC)c1OCC. The number of carbonyl (C=O) groups is 2. The van der Waals surface area contributed by atoms with Crippen LogP contribution in [0.15, 0.2) is 36.4 Å². The normalized spacial score (nSPS) is 20.3. The summed E-state index contributed by atoms with van der Waals surface area (Å²) in [4.78, 5) is 22.8. The molecule has 2 aromatic rings. The van der Waals surface area contributed by atoms with Crippen molar-refractivity contribution in [1.29, 1.82) is 0 Å². The molecule has 48 heavy (non-hydrogen) atoms. The second kappa shape index (κ2) is 19.2. The number of hydrogen-bond donors (Lipinski definition) is 1. The van der Waals surface area contributed by atoms with Crippen LogP contribution in [-0.4, -0.2) is 42.3 Å². The number of aliphatic carboxylic acids is 1. The van der Waals surface area contributed by atoms with Gasteiger partial charge in [-0.25, -0.2) is 4.39 Å². The van der Waals surface area contributed by atoms with Crippen molar-refractivity contribution < 1.29 is 46.5 Å². The number of aryl methyl sites for hydroxylation is 1. The first-order chi connectivity index (χ1) is 22.7. The number of benzene rings is 2. The van der Waals surface area contributed by atoms with E-state index in [1.54, 1.807) is 39.8 Å². The molecule has 3 unspecified atom stereocenters. The lowest BCUT2D eigenvalue weighted by Crippen LogP contribution is -2.46. The van der Waals surface area contributed by atoms with Gasteiger partial charge in [0.2, 0.25) is 0 Å². The molecule has 2 fully saturated rings. The van der Waals surface area contributed by atoms with E-state index in [-0.39, 0.29) is 34.8 Å². The van der Waals surface area contributed by atoms with Gasteiger partial charge >= 0.3 is 12.1 Å². The van der Waals surface area contributed by atoms with Crippen LogP contribution in [0.3, 0.4) is 0 Å². The molecule has 0 amide bonds. The zero-order valence-electron chi connectivity index (χ0n) is 29.6. The predicted molar refractivity (Wildman–Crippen MR) is 179 cm³/mol. The van der Waals surface area contributed by atoms with Gasteiger partial charge in [0.1, 0.15) is 11.4 Å². The fourth-order valence-electron chi connectivity index (χ4n) is 6.25. The molecule has 2 aromatic carbocycles. The smallest absolute Gasteiger partial charge is 0.416 e. The number of carbonyl (C=O) groups excluding carboxylic acids is 1. The number of alkyl halides is 3. The van der Waals surface area contributed by atoms with E-state index in [4.69, 9.17) is 14.2 Å². The molecule has 270 valence electrons. The van der Waals surface area contributed by atoms with E-state index in [2.05, 4.69) is 6.92 Å². The summed E-state index contributed by atoms with van der Waals surface area (Å²) in [6.07, 6.45) is 2.89. The van der Waals surface area contributed by atoms with E-state index < -0.39 is 17.7 Å². The molecule has 0 spiro atoms. The van der Waals surface area contributed by atoms with Crippen molar-refractivity contribution in [1.82, 2.24) is 0 Å². The lowest BCUT2D eigenvalue weighted by molar-refractivity contribution is -0.157. The Morgan fingerprint density at radius 1 is 1.00 bits per heavy atom. The minimum Gasteiger partial charge on any atom is -0.490 e. The second-order valence-corrected chi connectivity index (χ2v) is 12.7. The number of ketones is 1. The van der Waals surface area contributed by atoms with Crippen LogP contribution in [0, 0.1) is 23.6 Å². The first-order valence-electron chi connectivity index (χ1n) is 17.3. The van der Waals surface area contributed by atoms with Gasteiger partial charge in [0.05, 0.1) is 31.3 Å². The number of rotatable bonds is 13. The minimum atomic E-state index is -4.37. The summed E-state index contributed by atoms with van der Waals surface area (Å²) in [5.41, 5.74) is 0.357. The average molecular weight is 683 g/mol. The van der Waals surface area contributed by atoms with Gasteiger partial charge in [-0.05, 0) is 119 Å². The molecule has 0 radical (unpaired) electrons. The van der Waals surface area contributed by atoms with E-state index in [0.717, 1.165) is 50.0 Å². The average Bonchev–Trinajstić information content (AvgIpc) is 3.89. The van der Waals surface area contributed by atoms with Gasteiger partial charge < -0.3 is 19.3 Å². The van der Waals surface area contributed by atoms with Crippen molar-refractivity contribution >= 4 is 11.8 Å². The zero-order valence-corrected chi connectivity index (χ0v) is 29.6. The van der Waals surface area contributed by atoms with Gasteiger partial charge in [-0.2, -0.15) is 13.2 Å². The van der Waals surface area contributed by atoms with Crippen LogP contribution in [0.25, 0.3) is 0 Å². The molecule has 2 aliphatic rings. The molecule has 4 rings (SSSR count). The Morgan fingerprint density at radius 3 is 2.04 bits per heavy atom. The highest BCUT2D eigenvalue weighted by molar-refractivity contribution is 5.86. The molecule has 1 heterocycles. The van der Waals surface area contributed by atoms with Gasteiger partial charge in [-0.15, -0.1) is 0 Å². The Labute approximate surface area is 283 Å². The number of Topliss-reactive ketones (excluding diaryl/α,β-unsaturated/α-hetero) is 1. The van der Waals surface area contributed by atoms with Crippen LogP contribution < -0.4 is 9.47 Å². The number of halogens is 4. The van der Waals surface area contributed by atoms with Crippen LogP contribution >= 0.6 is 0 Å². The number of carboxylic acid groups (broad SMARTS) is 1. The van der Waals surface area contributed by atoms with E-state index >= 15 is 0 Å². The summed E-state index contributed by atoms with van der Waals surface area (Å²) in [5.74, 6) is 0.526. The summed E-state index contributed by atoms with van der Waals surface area (Å²) in [6.45, 7) is 14.5. The number of ether oxygens (including phenoxy) is 3.